The van der Waals surface area contributed by atoms with Crippen molar-refractivity contribution in [1.82, 2.24) is 19.6 Å². The van der Waals surface area contributed by atoms with Gasteiger partial charge in [-0.3, -0.25) is 14.3 Å². The molecule has 3 heterocycles. The van der Waals surface area contributed by atoms with Crippen LogP contribution in [0, 0.1) is 18.3 Å². The maximum absolute atomic E-state index is 12.8. The van der Waals surface area contributed by atoms with Crippen molar-refractivity contribution in [2.24, 2.45) is 18.4 Å². The second-order valence-corrected chi connectivity index (χ2v) is 7.50. The molecule has 25 heavy (non-hydrogen) atoms. The first kappa shape index (κ1) is 17.9. The Balaban J connectivity index is 1.70. The zero-order valence-corrected chi connectivity index (χ0v) is 15.6. The Morgan fingerprint density at radius 1 is 1.32 bits per heavy atom. The van der Waals surface area contributed by atoms with Crippen LogP contribution in [0.15, 0.2) is 6.07 Å². The van der Waals surface area contributed by atoms with Gasteiger partial charge in [0.1, 0.15) is 5.69 Å². The number of hydrogen-bond donors (Lipinski definition) is 0. The first-order chi connectivity index (χ1) is 11.9. The summed E-state index contributed by atoms with van der Waals surface area (Å²) >= 11 is 0. The molecule has 0 saturated carbocycles. The molecule has 1 aromatic rings. The molecule has 0 aromatic carbocycles. The van der Waals surface area contributed by atoms with E-state index in [2.05, 4.69) is 5.10 Å². The fourth-order valence-corrected chi connectivity index (χ4v) is 4.40. The second kappa shape index (κ2) is 6.78. The topological polar surface area (TPSA) is 67.7 Å². The summed E-state index contributed by atoms with van der Waals surface area (Å²) < 4.78 is 7.07. The number of nitrogens with zero attached hydrogens (tertiary/aromatic N) is 4. The molecule has 1 aromatic heterocycles. The third-order valence-electron chi connectivity index (χ3n) is 5.89. The van der Waals surface area contributed by atoms with E-state index in [1.54, 1.807) is 18.7 Å². The summed E-state index contributed by atoms with van der Waals surface area (Å²) in [5.74, 6) is 0.516. The number of carbonyl (C=O) groups excluding carboxylic acids is 2. The third-order valence-corrected chi connectivity index (χ3v) is 5.89. The van der Waals surface area contributed by atoms with Crippen LogP contribution in [0.2, 0.25) is 0 Å². The molecule has 1 unspecified atom stereocenters. The van der Waals surface area contributed by atoms with Gasteiger partial charge < -0.3 is 14.5 Å². The molecule has 1 spiro atoms. The highest BCUT2D eigenvalue weighted by molar-refractivity contribution is 5.92. The van der Waals surface area contributed by atoms with Crippen LogP contribution in [0.25, 0.3) is 0 Å². The first-order valence-corrected chi connectivity index (χ1v) is 8.90. The van der Waals surface area contributed by atoms with Gasteiger partial charge in [-0.1, -0.05) is 0 Å². The molecule has 0 aliphatic carbocycles. The van der Waals surface area contributed by atoms with Gasteiger partial charge in [0.15, 0.2) is 0 Å². The van der Waals surface area contributed by atoms with Crippen LogP contribution in [0.5, 0.6) is 0 Å². The number of methoxy groups -OCH3 is 1. The molecule has 138 valence electrons. The summed E-state index contributed by atoms with van der Waals surface area (Å²) in [6.45, 7) is 7.17. The van der Waals surface area contributed by atoms with E-state index in [-0.39, 0.29) is 17.2 Å². The minimum Gasteiger partial charge on any atom is -0.384 e. The van der Waals surface area contributed by atoms with Gasteiger partial charge in [-0.05, 0) is 31.2 Å². The van der Waals surface area contributed by atoms with Crippen molar-refractivity contribution in [2.45, 2.75) is 26.7 Å². The monoisotopic (exact) mass is 348 g/mol. The minimum atomic E-state index is 0.0441. The van der Waals surface area contributed by atoms with Crippen LogP contribution in [-0.4, -0.2) is 71.3 Å². The number of carbonyl (C=O) groups is 2. The normalized spacial score (nSPS) is 22.6. The molecule has 7 heteroatoms. The molecule has 0 radical (unpaired) electrons. The molecule has 7 nitrogen and oxygen atoms in total. The molecule has 2 saturated heterocycles. The van der Waals surface area contributed by atoms with Crippen LogP contribution < -0.4 is 0 Å². The number of aryl methyl sites for hydroxylation is 2. The van der Waals surface area contributed by atoms with Gasteiger partial charge in [0.2, 0.25) is 5.91 Å². The molecule has 2 fully saturated rings. The van der Waals surface area contributed by atoms with E-state index in [4.69, 9.17) is 4.74 Å². The van der Waals surface area contributed by atoms with Gasteiger partial charge in [0.25, 0.3) is 5.91 Å². The Labute approximate surface area is 148 Å². The molecular formula is C18H28N4O3. The fourth-order valence-electron chi connectivity index (χ4n) is 4.40. The van der Waals surface area contributed by atoms with Crippen molar-refractivity contribution in [3.8, 4) is 0 Å². The summed E-state index contributed by atoms with van der Waals surface area (Å²) in [5.41, 5.74) is 1.56. The van der Waals surface area contributed by atoms with Crippen LogP contribution in [0.3, 0.4) is 0 Å². The minimum absolute atomic E-state index is 0.0441. The summed E-state index contributed by atoms with van der Waals surface area (Å²) in [4.78, 5) is 28.5. The van der Waals surface area contributed by atoms with E-state index in [9.17, 15) is 9.59 Å². The Morgan fingerprint density at radius 3 is 2.52 bits per heavy atom. The lowest BCUT2D eigenvalue weighted by Crippen LogP contribution is -2.47. The highest BCUT2D eigenvalue weighted by Gasteiger charge is 2.49. The van der Waals surface area contributed by atoms with Gasteiger partial charge in [0.05, 0.1) is 12.3 Å². The van der Waals surface area contributed by atoms with Crippen molar-refractivity contribution in [2.75, 3.05) is 39.9 Å². The van der Waals surface area contributed by atoms with Gasteiger partial charge in [-0.15, -0.1) is 0 Å². The molecule has 0 bridgehead atoms. The summed E-state index contributed by atoms with van der Waals surface area (Å²) in [5, 5.41) is 4.27. The first-order valence-electron chi connectivity index (χ1n) is 8.90. The highest BCUT2D eigenvalue weighted by atomic mass is 16.5. The van der Waals surface area contributed by atoms with Crippen molar-refractivity contribution in [3.05, 3.63) is 17.5 Å². The molecule has 3 rings (SSSR count). The van der Waals surface area contributed by atoms with Crippen molar-refractivity contribution >= 4 is 11.8 Å². The van der Waals surface area contributed by atoms with E-state index >= 15 is 0 Å². The van der Waals surface area contributed by atoms with Crippen LogP contribution >= 0.6 is 0 Å². The largest absolute Gasteiger partial charge is 0.384 e. The average molecular weight is 348 g/mol. The van der Waals surface area contributed by atoms with Crippen LogP contribution in [0.4, 0.5) is 0 Å². The number of likely N-dealkylation sites (tertiary alicyclic amines) is 2. The maximum Gasteiger partial charge on any atom is 0.272 e. The highest BCUT2D eigenvalue weighted by Crippen LogP contribution is 2.45. The Bertz CT molecular complexity index is 661. The fraction of sp³-hybridized carbons (Fsp3) is 0.722. The van der Waals surface area contributed by atoms with E-state index in [1.807, 2.05) is 29.8 Å². The van der Waals surface area contributed by atoms with Crippen molar-refractivity contribution < 1.29 is 14.3 Å². The second-order valence-electron chi connectivity index (χ2n) is 7.50. The quantitative estimate of drug-likeness (QED) is 0.820. The lowest BCUT2D eigenvalue weighted by Gasteiger charge is -2.42. The number of hydrogen-bond acceptors (Lipinski definition) is 4. The van der Waals surface area contributed by atoms with Crippen molar-refractivity contribution in [1.29, 1.82) is 0 Å². The Morgan fingerprint density at radius 2 is 2.00 bits per heavy atom. The van der Waals surface area contributed by atoms with Gasteiger partial charge in [-0.25, -0.2) is 0 Å². The Kier molecular flexibility index (Phi) is 4.86. The molecule has 1 atom stereocenters. The van der Waals surface area contributed by atoms with Gasteiger partial charge in [-0.2, -0.15) is 5.10 Å². The van der Waals surface area contributed by atoms with E-state index in [1.165, 1.54) is 0 Å². The predicted octanol–water partition coefficient (Wildman–Crippen LogP) is 1.08. The predicted molar refractivity (Wildman–Crippen MR) is 93.1 cm³/mol. The van der Waals surface area contributed by atoms with Crippen LogP contribution in [-0.2, 0) is 16.6 Å². The number of amides is 2. The molecule has 2 aliphatic rings. The lowest BCUT2D eigenvalue weighted by atomic mass is 9.71. The number of rotatable bonds is 3. The van der Waals surface area contributed by atoms with Crippen LogP contribution in [0.1, 0.15) is 35.9 Å². The van der Waals surface area contributed by atoms with Crippen molar-refractivity contribution in [3.63, 3.8) is 0 Å². The number of ether oxygens (including phenoxy) is 1. The van der Waals surface area contributed by atoms with E-state index < -0.39 is 0 Å². The third kappa shape index (κ3) is 3.29. The zero-order valence-electron chi connectivity index (χ0n) is 15.6. The standard InChI is InChI=1S/C18H28N4O3/c1-13-9-16(20(3)19-13)17(24)21-7-5-18(6-8-21)12-22(14(2)23)10-15(18)11-25-4/h9,15H,5-8,10-12H2,1-4H3. The summed E-state index contributed by atoms with van der Waals surface area (Å²) in [6.07, 6.45) is 1.82. The SMILES string of the molecule is COCC1CN(C(C)=O)CC12CCN(C(=O)c1cc(C)nn1C)CC2. The zero-order chi connectivity index (χ0) is 18.2. The molecular weight excluding hydrogens is 320 g/mol. The molecule has 2 aliphatic heterocycles. The van der Waals surface area contributed by atoms with E-state index in [0.717, 1.165) is 44.7 Å². The molecule has 0 N–H and O–H groups in total. The van der Waals surface area contributed by atoms with Gasteiger partial charge >= 0.3 is 0 Å². The van der Waals surface area contributed by atoms with Gasteiger partial charge in [0, 0.05) is 53.2 Å². The average Bonchev–Trinajstić information content (AvgIpc) is 3.09. The molecule has 2 amide bonds. The van der Waals surface area contributed by atoms with E-state index in [0.29, 0.717) is 18.2 Å². The summed E-state index contributed by atoms with van der Waals surface area (Å²) in [6, 6.07) is 1.84. The maximum atomic E-state index is 12.8. The number of aromatic nitrogens is 2. The number of piperidine rings is 1. The lowest BCUT2D eigenvalue weighted by molar-refractivity contribution is -0.128. The smallest absolute Gasteiger partial charge is 0.272 e. The Hall–Kier alpha value is -1.89. The summed E-state index contributed by atoms with van der Waals surface area (Å²) in [7, 11) is 3.52.